The minimum absolute atomic E-state index is 0.921. The second-order valence-electron chi connectivity index (χ2n) is 3.09. The lowest BCUT2D eigenvalue weighted by atomic mass is 10.0. The highest BCUT2D eigenvalue weighted by molar-refractivity contribution is 5.64. The van der Waals surface area contributed by atoms with Gasteiger partial charge in [-0.1, -0.05) is 62.2 Å². The number of benzene rings is 2. The summed E-state index contributed by atoms with van der Waals surface area (Å²) in [4.78, 5) is 0. The number of hydrogen-bond acceptors (Lipinski definition) is 0. The predicted octanol–water partition coefficient (Wildman–Crippen LogP) is 4.36. The van der Waals surface area contributed by atoms with Crippen molar-refractivity contribution in [1.29, 1.82) is 0 Å². The smallest absolute Gasteiger partial charge is 0.0243 e. The zero-order valence-corrected chi connectivity index (χ0v) is 9.77. The maximum atomic E-state index is 5.29. The van der Waals surface area contributed by atoms with Gasteiger partial charge in [0.2, 0.25) is 0 Å². The summed E-state index contributed by atoms with van der Waals surface area (Å²) in [6.45, 7) is 4.00. The molecule has 0 aliphatic carbocycles. The van der Waals surface area contributed by atoms with E-state index in [2.05, 4.69) is 18.1 Å². The van der Waals surface area contributed by atoms with Crippen LogP contribution in [0, 0.1) is 12.3 Å². The van der Waals surface area contributed by atoms with Crippen molar-refractivity contribution in [3.63, 3.8) is 0 Å². The van der Waals surface area contributed by atoms with Crippen molar-refractivity contribution < 1.29 is 0 Å². The molecule has 2 rings (SSSR count). The molecule has 0 N–H and O–H groups in total. The molecular weight excluding hydrogens is 192 g/mol. The van der Waals surface area contributed by atoms with Crippen LogP contribution in [-0.2, 0) is 0 Å². The van der Waals surface area contributed by atoms with E-state index in [1.165, 1.54) is 11.1 Å². The van der Waals surface area contributed by atoms with Gasteiger partial charge < -0.3 is 0 Å². The molecule has 0 aliphatic rings. The molecule has 2 aromatic carbocycles. The van der Waals surface area contributed by atoms with Crippen molar-refractivity contribution in [2.45, 2.75) is 13.8 Å². The molecule has 0 aromatic heterocycles. The molecule has 0 heteroatoms. The van der Waals surface area contributed by atoms with Crippen molar-refractivity contribution in [1.82, 2.24) is 0 Å². The lowest BCUT2D eigenvalue weighted by molar-refractivity contribution is 1.50. The highest BCUT2D eigenvalue weighted by Crippen LogP contribution is 2.18. The van der Waals surface area contributed by atoms with E-state index in [4.69, 9.17) is 6.42 Å². The maximum absolute atomic E-state index is 5.29. The van der Waals surface area contributed by atoms with Crippen LogP contribution < -0.4 is 0 Å². The van der Waals surface area contributed by atoms with Crippen LogP contribution in [0.4, 0.5) is 0 Å². The average molecular weight is 208 g/mol. The Morgan fingerprint density at radius 3 is 1.75 bits per heavy atom. The fourth-order valence-electron chi connectivity index (χ4n) is 1.39. The minimum Gasteiger partial charge on any atom is -0.115 e. The molecule has 80 valence electrons. The number of rotatable bonds is 1. The van der Waals surface area contributed by atoms with Gasteiger partial charge in [0.25, 0.3) is 0 Å². The lowest BCUT2D eigenvalue weighted by Gasteiger charge is -2.00. The third-order valence-electron chi connectivity index (χ3n) is 2.16. The van der Waals surface area contributed by atoms with E-state index in [0.717, 1.165) is 5.56 Å². The van der Waals surface area contributed by atoms with Crippen LogP contribution in [0.2, 0.25) is 0 Å². The SMILES string of the molecule is C#Cc1ccc(-c2ccccc2)cc1.CC. The summed E-state index contributed by atoms with van der Waals surface area (Å²) in [6.07, 6.45) is 5.29. The predicted molar refractivity (Wildman–Crippen MR) is 71.2 cm³/mol. The Labute approximate surface area is 98.0 Å². The van der Waals surface area contributed by atoms with Gasteiger partial charge in [-0.25, -0.2) is 0 Å². The largest absolute Gasteiger partial charge is 0.115 e. The van der Waals surface area contributed by atoms with Crippen molar-refractivity contribution in [2.75, 3.05) is 0 Å². The molecule has 0 radical (unpaired) electrons. The lowest BCUT2D eigenvalue weighted by Crippen LogP contribution is -1.77. The molecule has 0 saturated carbocycles. The molecule has 0 saturated heterocycles. The monoisotopic (exact) mass is 208 g/mol. The van der Waals surface area contributed by atoms with Gasteiger partial charge in [0.1, 0.15) is 0 Å². The molecule has 0 heterocycles. The van der Waals surface area contributed by atoms with Crippen molar-refractivity contribution in [3.05, 3.63) is 60.2 Å². The van der Waals surface area contributed by atoms with Crippen LogP contribution in [-0.4, -0.2) is 0 Å². The van der Waals surface area contributed by atoms with E-state index < -0.39 is 0 Å². The molecule has 0 spiro atoms. The normalized spacial score (nSPS) is 8.56. The Hall–Kier alpha value is -2.00. The second kappa shape index (κ2) is 6.48. The van der Waals surface area contributed by atoms with E-state index in [-0.39, 0.29) is 0 Å². The fourth-order valence-corrected chi connectivity index (χ4v) is 1.39. The molecule has 2 aromatic rings. The molecule has 0 aliphatic heterocycles. The molecule has 0 fully saturated rings. The van der Waals surface area contributed by atoms with Crippen LogP contribution in [0.1, 0.15) is 19.4 Å². The zero-order valence-electron chi connectivity index (χ0n) is 9.77. The maximum Gasteiger partial charge on any atom is 0.0243 e. The van der Waals surface area contributed by atoms with Crippen LogP contribution in [0.3, 0.4) is 0 Å². The van der Waals surface area contributed by atoms with Gasteiger partial charge in [-0.05, 0) is 23.3 Å². The quantitative estimate of drug-likeness (QED) is 0.611. The first-order chi connectivity index (χ1) is 7.90. The summed E-state index contributed by atoms with van der Waals surface area (Å²) < 4.78 is 0. The standard InChI is InChI=1S/C14H10.C2H6/c1-2-12-8-10-14(11-9-12)13-6-4-3-5-7-13;1-2/h1,3-11H;1-2H3. The first-order valence-electron chi connectivity index (χ1n) is 5.52. The van der Waals surface area contributed by atoms with Crippen LogP contribution in [0.15, 0.2) is 54.6 Å². The summed E-state index contributed by atoms with van der Waals surface area (Å²) >= 11 is 0. The Bertz CT molecular complexity index is 444. The van der Waals surface area contributed by atoms with Crippen LogP contribution in [0.5, 0.6) is 0 Å². The van der Waals surface area contributed by atoms with Crippen molar-refractivity contribution in [3.8, 4) is 23.5 Å². The van der Waals surface area contributed by atoms with Gasteiger partial charge in [0, 0.05) is 5.56 Å². The molecule has 0 unspecified atom stereocenters. The van der Waals surface area contributed by atoms with Gasteiger partial charge in [0.15, 0.2) is 0 Å². The Morgan fingerprint density at radius 2 is 1.25 bits per heavy atom. The number of hydrogen-bond donors (Lipinski definition) is 0. The van der Waals surface area contributed by atoms with Gasteiger partial charge in [-0.3, -0.25) is 0 Å². The molecule has 0 nitrogen and oxygen atoms in total. The average Bonchev–Trinajstić information content (AvgIpc) is 2.42. The third kappa shape index (κ3) is 3.00. The van der Waals surface area contributed by atoms with E-state index in [1.807, 2.05) is 56.3 Å². The van der Waals surface area contributed by atoms with Crippen LogP contribution >= 0.6 is 0 Å². The summed E-state index contributed by atoms with van der Waals surface area (Å²) in [5.74, 6) is 2.61. The van der Waals surface area contributed by atoms with Gasteiger partial charge >= 0.3 is 0 Å². The first kappa shape index (κ1) is 12.1. The van der Waals surface area contributed by atoms with Crippen LogP contribution in [0.25, 0.3) is 11.1 Å². The van der Waals surface area contributed by atoms with E-state index in [1.54, 1.807) is 0 Å². The van der Waals surface area contributed by atoms with E-state index >= 15 is 0 Å². The Morgan fingerprint density at radius 1 is 0.750 bits per heavy atom. The van der Waals surface area contributed by atoms with Gasteiger partial charge in [-0.2, -0.15) is 0 Å². The molecular formula is C16H16. The van der Waals surface area contributed by atoms with E-state index in [9.17, 15) is 0 Å². The summed E-state index contributed by atoms with van der Waals surface area (Å²) in [7, 11) is 0. The zero-order chi connectivity index (χ0) is 11.8. The van der Waals surface area contributed by atoms with Crippen molar-refractivity contribution >= 4 is 0 Å². The topological polar surface area (TPSA) is 0 Å². The minimum atomic E-state index is 0.921. The number of terminal acetylenes is 1. The Kier molecular flexibility index (Phi) is 4.89. The second-order valence-corrected chi connectivity index (χ2v) is 3.09. The van der Waals surface area contributed by atoms with Gasteiger partial charge in [-0.15, -0.1) is 6.42 Å². The Balaban J connectivity index is 0.000000606. The van der Waals surface area contributed by atoms with E-state index in [0.29, 0.717) is 0 Å². The summed E-state index contributed by atoms with van der Waals surface area (Å²) in [6, 6.07) is 18.3. The molecule has 0 atom stereocenters. The highest BCUT2D eigenvalue weighted by atomic mass is 14.0. The van der Waals surface area contributed by atoms with Gasteiger partial charge in [0.05, 0.1) is 0 Å². The highest BCUT2D eigenvalue weighted by Gasteiger charge is 1.94. The third-order valence-corrected chi connectivity index (χ3v) is 2.16. The molecule has 16 heavy (non-hydrogen) atoms. The summed E-state index contributed by atoms with van der Waals surface area (Å²) in [5.41, 5.74) is 3.34. The fraction of sp³-hybridized carbons (Fsp3) is 0.125. The molecule has 0 amide bonds. The summed E-state index contributed by atoms with van der Waals surface area (Å²) in [5, 5.41) is 0. The van der Waals surface area contributed by atoms with Crippen molar-refractivity contribution in [2.24, 2.45) is 0 Å². The molecule has 0 bridgehead atoms. The first-order valence-corrected chi connectivity index (χ1v) is 5.52.